The Labute approximate surface area is 268 Å². The number of ether oxygens (including phenoxy) is 3. The van der Waals surface area contributed by atoms with Crippen LogP contribution in [0.1, 0.15) is 34.7 Å². The number of aromatic nitrogens is 2. The fourth-order valence-corrected chi connectivity index (χ4v) is 6.67. The second kappa shape index (κ2) is 13.3. The Morgan fingerprint density at radius 1 is 1.02 bits per heavy atom. The molecule has 0 radical (unpaired) electrons. The van der Waals surface area contributed by atoms with Crippen molar-refractivity contribution in [1.82, 2.24) is 14.9 Å². The first-order valence-electron chi connectivity index (χ1n) is 15.0. The van der Waals surface area contributed by atoms with Crippen LogP contribution in [0.2, 0.25) is 0 Å². The molecule has 0 aliphatic carbocycles. The van der Waals surface area contributed by atoms with Crippen molar-refractivity contribution in [1.29, 1.82) is 0 Å². The Kier molecular flexibility index (Phi) is 9.02. The van der Waals surface area contributed by atoms with Gasteiger partial charge in [0, 0.05) is 54.8 Å². The van der Waals surface area contributed by atoms with E-state index in [4.69, 9.17) is 31.4 Å². The maximum atomic E-state index is 12.5. The van der Waals surface area contributed by atoms with Gasteiger partial charge in [-0.2, -0.15) is 0 Å². The van der Waals surface area contributed by atoms with Gasteiger partial charge in [0.05, 0.1) is 43.8 Å². The summed E-state index contributed by atoms with van der Waals surface area (Å²) in [6.07, 6.45) is 1.80. The fourth-order valence-electron chi connectivity index (χ4n) is 6.33. The number of nitrogens with zero attached hydrogens (tertiary/aromatic N) is 4. The number of nitrogens with one attached hydrogen (secondary N) is 2. The van der Waals surface area contributed by atoms with Gasteiger partial charge in [-0.15, -0.1) is 0 Å². The molecule has 0 unspecified atom stereocenters. The number of thiocarbonyl (C=S) groups is 1. The molecule has 2 atom stereocenters. The molecule has 2 N–H and O–H groups in total. The Bertz CT molecular complexity index is 1670. The van der Waals surface area contributed by atoms with E-state index in [2.05, 4.69) is 69.2 Å². The minimum absolute atomic E-state index is 0.0686. The van der Waals surface area contributed by atoms with Crippen LogP contribution in [0, 0.1) is 13.8 Å². The number of rotatable bonds is 9. The molecule has 4 aromatic rings. The summed E-state index contributed by atoms with van der Waals surface area (Å²) in [5, 5.41) is 7.02. The summed E-state index contributed by atoms with van der Waals surface area (Å²) in [7, 11) is 3.06. The van der Waals surface area contributed by atoms with Crippen LogP contribution < -0.4 is 25.2 Å². The van der Waals surface area contributed by atoms with Gasteiger partial charge in [-0.25, -0.2) is 0 Å². The highest BCUT2D eigenvalue weighted by atomic mass is 32.1. The van der Waals surface area contributed by atoms with E-state index >= 15 is 0 Å². The number of hydrogen-bond donors (Lipinski definition) is 2. The van der Waals surface area contributed by atoms with Crippen molar-refractivity contribution >= 4 is 40.3 Å². The lowest BCUT2D eigenvalue weighted by Gasteiger charge is -2.29. The van der Waals surface area contributed by atoms with Gasteiger partial charge >= 0.3 is 0 Å². The van der Waals surface area contributed by atoms with E-state index in [9.17, 15) is 4.79 Å². The van der Waals surface area contributed by atoms with Crippen molar-refractivity contribution in [2.75, 3.05) is 62.2 Å². The average Bonchev–Trinajstić information content (AvgIpc) is 3.56. The van der Waals surface area contributed by atoms with Gasteiger partial charge in [0.15, 0.2) is 5.11 Å². The monoisotopic (exact) mass is 626 g/mol. The fraction of sp³-hybridized carbons (Fsp3) is 0.324. The van der Waals surface area contributed by atoms with Crippen molar-refractivity contribution in [3.8, 4) is 11.4 Å². The molecule has 2 aliphatic heterocycles. The average molecular weight is 627 g/mol. The van der Waals surface area contributed by atoms with E-state index in [1.54, 1.807) is 13.3 Å². The third-order valence-corrected chi connectivity index (χ3v) is 8.70. The number of methoxy groups -OCH3 is 2. The molecule has 2 aromatic carbocycles. The zero-order valence-corrected chi connectivity index (χ0v) is 26.8. The maximum Gasteiger partial charge on any atom is 0.250 e. The molecular weight excluding hydrogens is 588 g/mol. The maximum absolute atomic E-state index is 12.5. The molecule has 0 bridgehead atoms. The highest BCUT2D eigenvalue weighted by molar-refractivity contribution is 7.80. The van der Waals surface area contributed by atoms with Gasteiger partial charge < -0.3 is 39.2 Å². The number of carbonyl (C=O) groups is 1. The quantitative estimate of drug-likeness (QED) is 0.246. The summed E-state index contributed by atoms with van der Waals surface area (Å²) in [6, 6.07) is 22.1. The lowest BCUT2D eigenvalue weighted by molar-refractivity contribution is -0.119. The minimum atomic E-state index is -0.277. The molecule has 2 aromatic heterocycles. The molecule has 11 heteroatoms. The lowest BCUT2D eigenvalue weighted by atomic mass is 9.96. The SMILES string of the molecule is COCC(=O)Nc1cc(N2C(=S)N[C@@H](c3ccccn3)[C@@H]2c2cc(C)n(-c3ccc(N4CCOCC4)cc3)c2C)ccc1OC. The highest BCUT2D eigenvalue weighted by Crippen LogP contribution is 2.45. The number of amides is 1. The first-order chi connectivity index (χ1) is 21.9. The summed E-state index contributed by atoms with van der Waals surface area (Å²) >= 11 is 5.99. The van der Waals surface area contributed by atoms with E-state index in [1.807, 2.05) is 36.4 Å². The molecule has 6 rings (SSSR count). The third kappa shape index (κ3) is 6.11. The van der Waals surface area contributed by atoms with Crippen LogP contribution in [0.5, 0.6) is 5.75 Å². The first kappa shape index (κ1) is 30.6. The van der Waals surface area contributed by atoms with Crippen molar-refractivity contribution in [2.24, 2.45) is 0 Å². The van der Waals surface area contributed by atoms with Crippen LogP contribution in [0.3, 0.4) is 0 Å². The molecule has 45 heavy (non-hydrogen) atoms. The molecule has 0 spiro atoms. The summed E-state index contributed by atoms with van der Waals surface area (Å²) in [5.74, 6) is 0.263. The van der Waals surface area contributed by atoms with Gasteiger partial charge in [-0.05, 0) is 92.3 Å². The predicted octanol–water partition coefficient (Wildman–Crippen LogP) is 5.10. The number of anilines is 3. The van der Waals surface area contributed by atoms with Crippen molar-refractivity contribution in [3.05, 3.63) is 95.6 Å². The lowest BCUT2D eigenvalue weighted by Crippen LogP contribution is -2.36. The molecule has 2 fully saturated rings. The number of aryl methyl sites for hydroxylation is 1. The standard InChI is InChI=1S/C34H38N6O4S/c1-22-19-27(23(2)39(22)25-10-8-24(9-11-25)38-15-17-44-18-16-38)33-32(28-7-5-6-14-35-28)37-34(45)40(33)26-12-13-30(43-4)29(20-26)36-31(41)21-42-3/h5-14,19-20,32-33H,15-18,21H2,1-4H3,(H,36,41)(H,37,45)/t32-,33-/m0/s1. The molecule has 234 valence electrons. The molecule has 2 aliphatic rings. The van der Waals surface area contributed by atoms with Crippen LogP contribution in [0.4, 0.5) is 17.1 Å². The van der Waals surface area contributed by atoms with Gasteiger partial charge in [-0.1, -0.05) is 6.07 Å². The van der Waals surface area contributed by atoms with Crippen LogP contribution in [0.25, 0.3) is 5.69 Å². The Morgan fingerprint density at radius 3 is 2.44 bits per heavy atom. The summed E-state index contributed by atoms with van der Waals surface area (Å²) in [6.45, 7) is 7.51. The third-order valence-electron chi connectivity index (χ3n) is 8.38. The molecule has 0 saturated carbocycles. The van der Waals surface area contributed by atoms with Crippen molar-refractivity contribution in [3.63, 3.8) is 0 Å². The van der Waals surface area contributed by atoms with Gasteiger partial charge in [-0.3, -0.25) is 9.78 Å². The van der Waals surface area contributed by atoms with Crippen LogP contribution in [-0.4, -0.2) is 67.7 Å². The second-order valence-electron chi connectivity index (χ2n) is 11.1. The normalized spacial score (nSPS) is 18.2. The molecule has 4 heterocycles. The van der Waals surface area contributed by atoms with Gasteiger partial charge in [0.1, 0.15) is 12.4 Å². The summed E-state index contributed by atoms with van der Waals surface area (Å²) < 4.78 is 18.4. The Hall–Kier alpha value is -4.45. The zero-order valence-electron chi connectivity index (χ0n) is 25.9. The topological polar surface area (TPSA) is 93.1 Å². The minimum Gasteiger partial charge on any atom is -0.495 e. The van der Waals surface area contributed by atoms with E-state index in [0.29, 0.717) is 16.5 Å². The van der Waals surface area contributed by atoms with Crippen LogP contribution in [0.15, 0.2) is 72.9 Å². The van der Waals surface area contributed by atoms with Crippen molar-refractivity contribution in [2.45, 2.75) is 25.9 Å². The zero-order chi connectivity index (χ0) is 31.5. The molecule has 2 saturated heterocycles. The van der Waals surface area contributed by atoms with Crippen LogP contribution in [-0.2, 0) is 14.3 Å². The number of pyridine rings is 1. The predicted molar refractivity (Wildman–Crippen MR) is 180 cm³/mol. The number of hydrogen-bond acceptors (Lipinski definition) is 7. The van der Waals surface area contributed by atoms with Gasteiger partial charge in [0.25, 0.3) is 0 Å². The first-order valence-corrected chi connectivity index (χ1v) is 15.4. The van der Waals surface area contributed by atoms with E-state index in [1.165, 1.54) is 12.8 Å². The highest BCUT2D eigenvalue weighted by Gasteiger charge is 2.42. The smallest absolute Gasteiger partial charge is 0.250 e. The van der Waals surface area contributed by atoms with Gasteiger partial charge in [0.2, 0.25) is 5.91 Å². The molecular formula is C34H38N6O4S. The van der Waals surface area contributed by atoms with Crippen molar-refractivity contribution < 1.29 is 19.0 Å². The van der Waals surface area contributed by atoms with E-state index in [0.717, 1.165) is 60.3 Å². The second-order valence-corrected chi connectivity index (χ2v) is 11.5. The summed E-state index contributed by atoms with van der Waals surface area (Å²) in [5.41, 5.74) is 7.86. The summed E-state index contributed by atoms with van der Waals surface area (Å²) in [4.78, 5) is 21.6. The van der Waals surface area contributed by atoms with E-state index in [-0.39, 0.29) is 24.6 Å². The molecule has 1 amide bonds. The number of carbonyl (C=O) groups excluding carboxylic acids is 1. The number of benzene rings is 2. The van der Waals surface area contributed by atoms with E-state index < -0.39 is 0 Å². The Morgan fingerprint density at radius 2 is 1.76 bits per heavy atom. The largest absolute Gasteiger partial charge is 0.495 e. The van der Waals surface area contributed by atoms with Crippen LogP contribution >= 0.6 is 12.2 Å². The molecule has 10 nitrogen and oxygen atoms in total. The Balaban J connectivity index is 1.41. The number of morpholine rings is 1.